The maximum absolute atomic E-state index is 12.7. The summed E-state index contributed by atoms with van der Waals surface area (Å²) in [6, 6.07) is 9.04. The van der Waals surface area contributed by atoms with Gasteiger partial charge in [0.05, 0.1) is 0 Å². The van der Waals surface area contributed by atoms with E-state index in [-0.39, 0.29) is 11.8 Å². The van der Waals surface area contributed by atoms with E-state index >= 15 is 0 Å². The molecule has 25 heavy (non-hydrogen) atoms. The number of H-pyrrole nitrogens is 1. The molecule has 1 saturated heterocycles. The summed E-state index contributed by atoms with van der Waals surface area (Å²) in [4.78, 5) is 30.6. The van der Waals surface area contributed by atoms with Crippen molar-refractivity contribution >= 4 is 35.0 Å². The van der Waals surface area contributed by atoms with Crippen LogP contribution in [0.4, 0.5) is 0 Å². The Hall–Kier alpha value is -2.24. The van der Waals surface area contributed by atoms with Gasteiger partial charge in [0.15, 0.2) is 0 Å². The molecule has 1 fully saturated rings. The second kappa shape index (κ2) is 7.33. The number of hydrogen-bond acceptors (Lipinski definition) is 2. The average molecular weight is 378 g/mol. The van der Waals surface area contributed by atoms with E-state index in [0.717, 1.165) is 5.56 Å². The second-order valence-electron chi connectivity index (χ2n) is 5.71. The van der Waals surface area contributed by atoms with Crippen LogP contribution in [-0.2, 0) is 4.79 Å². The summed E-state index contributed by atoms with van der Waals surface area (Å²) < 4.78 is 0. The first-order valence-electron chi connectivity index (χ1n) is 7.85. The number of benzene rings is 1. The molecule has 0 saturated carbocycles. The molecule has 0 spiro atoms. The fourth-order valence-electron chi connectivity index (χ4n) is 2.85. The molecule has 0 unspecified atom stereocenters. The minimum absolute atomic E-state index is 0.115. The summed E-state index contributed by atoms with van der Waals surface area (Å²) >= 11 is 12.5. The number of halogens is 2. The molecule has 1 N–H and O–H groups in total. The molecule has 2 aromatic rings. The van der Waals surface area contributed by atoms with Gasteiger partial charge < -0.3 is 14.8 Å². The number of aromatic amines is 1. The van der Waals surface area contributed by atoms with E-state index in [9.17, 15) is 9.59 Å². The van der Waals surface area contributed by atoms with E-state index in [4.69, 9.17) is 23.2 Å². The quantitative estimate of drug-likeness (QED) is 0.832. The highest BCUT2D eigenvalue weighted by Gasteiger charge is 2.25. The van der Waals surface area contributed by atoms with Gasteiger partial charge in [-0.2, -0.15) is 0 Å². The third-order valence-electron chi connectivity index (χ3n) is 4.22. The van der Waals surface area contributed by atoms with Crippen LogP contribution >= 0.6 is 23.2 Å². The Morgan fingerprint density at radius 2 is 1.68 bits per heavy atom. The second-order valence-corrected chi connectivity index (χ2v) is 6.50. The van der Waals surface area contributed by atoms with E-state index in [0.29, 0.717) is 47.6 Å². The van der Waals surface area contributed by atoms with Crippen molar-refractivity contribution in [3.05, 3.63) is 58.9 Å². The predicted octanol–water partition coefficient (Wildman–Crippen LogP) is 3.46. The van der Waals surface area contributed by atoms with Gasteiger partial charge in [0, 0.05) is 42.3 Å². The van der Waals surface area contributed by atoms with E-state index < -0.39 is 0 Å². The third-order valence-corrected chi connectivity index (χ3v) is 4.84. The van der Waals surface area contributed by atoms with Crippen LogP contribution < -0.4 is 0 Å². The minimum atomic E-state index is -0.147. The number of rotatable bonds is 3. The maximum atomic E-state index is 12.7. The molecule has 0 aliphatic carbocycles. The Morgan fingerprint density at radius 3 is 2.32 bits per heavy atom. The van der Waals surface area contributed by atoms with E-state index in [1.165, 1.54) is 6.08 Å². The van der Waals surface area contributed by atoms with Crippen LogP contribution in [0, 0.1) is 0 Å². The highest BCUT2D eigenvalue weighted by molar-refractivity contribution is 6.36. The van der Waals surface area contributed by atoms with Gasteiger partial charge in [0.25, 0.3) is 5.91 Å². The van der Waals surface area contributed by atoms with Gasteiger partial charge in [-0.3, -0.25) is 9.59 Å². The van der Waals surface area contributed by atoms with Crippen molar-refractivity contribution in [3.63, 3.8) is 0 Å². The molecule has 2 amide bonds. The number of aromatic nitrogens is 1. The first-order valence-corrected chi connectivity index (χ1v) is 8.61. The lowest BCUT2D eigenvalue weighted by Crippen LogP contribution is -2.50. The lowest BCUT2D eigenvalue weighted by atomic mass is 10.1. The Balaban J connectivity index is 1.76. The molecule has 1 aliphatic heterocycles. The highest BCUT2D eigenvalue weighted by atomic mass is 35.5. The Labute approximate surface area is 155 Å². The Morgan fingerprint density at radius 1 is 1.04 bits per heavy atom. The summed E-state index contributed by atoms with van der Waals surface area (Å²) in [6.45, 7) is 5.40. The molecule has 3 rings (SSSR count). The fraction of sp³-hybridized carbons (Fsp3) is 0.222. The van der Waals surface area contributed by atoms with Crippen LogP contribution in [0.15, 0.2) is 43.0 Å². The molecule has 7 heteroatoms. The summed E-state index contributed by atoms with van der Waals surface area (Å²) in [5, 5.41) is 0.941. The summed E-state index contributed by atoms with van der Waals surface area (Å²) in [6.07, 6.45) is 1.29. The highest BCUT2D eigenvalue weighted by Crippen LogP contribution is 2.33. The van der Waals surface area contributed by atoms with Gasteiger partial charge in [0.2, 0.25) is 5.91 Å². The molecule has 1 aliphatic rings. The normalized spacial score (nSPS) is 14.5. The smallest absolute Gasteiger partial charge is 0.270 e. The Bertz CT molecular complexity index is 823. The lowest BCUT2D eigenvalue weighted by Gasteiger charge is -2.34. The zero-order valence-corrected chi connectivity index (χ0v) is 15.0. The van der Waals surface area contributed by atoms with Crippen LogP contribution in [-0.4, -0.2) is 52.8 Å². The van der Waals surface area contributed by atoms with Gasteiger partial charge >= 0.3 is 0 Å². The van der Waals surface area contributed by atoms with Crippen molar-refractivity contribution in [2.24, 2.45) is 0 Å². The average Bonchev–Trinajstić information content (AvgIpc) is 3.02. The van der Waals surface area contributed by atoms with E-state index in [2.05, 4.69) is 11.6 Å². The number of carbonyl (C=O) groups excluding carboxylic acids is 2. The van der Waals surface area contributed by atoms with Crippen molar-refractivity contribution in [2.75, 3.05) is 26.2 Å². The number of hydrogen-bond donors (Lipinski definition) is 1. The van der Waals surface area contributed by atoms with E-state index in [1.807, 2.05) is 18.2 Å². The molecule has 5 nitrogen and oxygen atoms in total. The number of amides is 2. The monoisotopic (exact) mass is 377 g/mol. The topological polar surface area (TPSA) is 56.4 Å². The number of carbonyl (C=O) groups is 2. The van der Waals surface area contributed by atoms with Crippen LogP contribution in [0.25, 0.3) is 11.1 Å². The Kier molecular flexibility index (Phi) is 5.16. The standard InChI is InChI=1S/C18H17Cl2N3O2/c1-2-16(24)22-7-9-23(10-8-22)18(25)15-11-13(17(20)21-15)12-5-3-4-6-14(12)19/h2-6,11,21H,1,7-10H2. The molecule has 0 radical (unpaired) electrons. The fourth-order valence-corrected chi connectivity index (χ4v) is 3.35. The van der Waals surface area contributed by atoms with Crippen LogP contribution in [0.1, 0.15) is 10.5 Å². The van der Waals surface area contributed by atoms with Crippen molar-refractivity contribution in [1.82, 2.24) is 14.8 Å². The van der Waals surface area contributed by atoms with Gasteiger partial charge in [-0.15, -0.1) is 0 Å². The van der Waals surface area contributed by atoms with Crippen molar-refractivity contribution < 1.29 is 9.59 Å². The summed E-state index contributed by atoms with van der Waals surface area (Å²) in [7, 11) is 0. The van der Waals surface area contributed by atoms with Gasteiger partial charge in [0.1, 0.15) is 10.8 Å². The van der Waals surface area contributed by atoms with Crippen molar-refractivity contribution in [3.8, 4) is 11.1 Å². The minimum Gasteiger partial charge on any atom is -0.341 e. The van der Waals surface area contributed by atoms with Crippen LogP contribution in [0.2, 0.25) is 10.2 Å². The predicted molar refractivity (Wildman–Crippen MR) is 98.9 cm³/mol. The van der Waals surface area contributed by atoms with Crippen molar-refractivity contribution in [1.29, 1.82) is 0 Å². The SMILES string of the molecule is C=CC(=O)N1CCN(C(=O)c2cc(-c3ccccc3Cl)c(Cl)[nH]2)CC1. The zero-order chi connectivity index (χ0) is 18.0. The zero-order valence-electron chi connectivity index (χ0n) is 13.5. The van der Waals surface area contributed by atoms with Gasteiger partial charge in [-0.25, -0.2) is 0 Å². The third kappa shape index (κ3) is 3.57. The lowest BCUT2D eigenvalue weighted by molar-refractivity contribution is -0.127. The molecule has 130 valence electrons. The van der Waals surface area contributed by atoms with Crippen LogP contribution in [0.3, 0.4) is 0 Å². The number of nitrogens with one attached hydrogen (secondary N) is 1. The molecule has 1 aromatic heterocycles. The van der Waals surface area contributed by atoms with Crippen molar-refractivity contribution in [2.45, 2.75) is 0 Å². The number of piperazine rings is 1. The first-order chi connectivity index (χ1) is 12.0. The van der Waals surface area contributed by atoms with Gasteiger partial charge in [-0.05, 0) is 18.2 Å². The first kappa shape index (κ1) is 17.6. The molecule has 0 bridgehead atoms. The largest absolute Gasteiger partial charge is 0.341 e. The maximum Gasteiger partial charge on any atom is 0.270 e. The molecule has 2 heterocycles. The number of nitrogens with zero attached hydrogens (tertiary/aromatic N) is 2. The molecule has 0 atom stereocenters. The van der Waals surface area contributed by atoms with E-state index in [1.54, 1.807) is 21.9 Å². The molecular weight excluding hydrogens is 361 g/mol. The summed E-state index contributed by atoms with van der Waals surface area (Å²) in [5.74, 6) is -0.262. The molecule has 1 aromatic carbocycles. The summed E-state index contributed by atoms with van der Waals surface area (Å²) in [5.41, 5.74) is 1.87. The molecular formula is C18H17Cl2N3O2. The van der Waals surface area contributed by atoms with Crippen LogP contribution in [0.5, 0.6) is 0 Å². The van der Waals surface area contributed by atoms with Gasteiger partial charge in [-0.1, -0.05) is 48.0 Å².